The Hall–Kier alpha value is -2.95. The van der Waals surface area contributed by atoms with E-state index in [2.05, 4.69) is 5.32 Å². The van der Waals surface area contributed by atoms with Gasteiger partial charge in [-0.3, -0.25) is 9.59 Å². The highest BCUT2D eigenvalue weighted by Crippen LogP contribution is 2.29. The molecule has 0 unspecified atom stereocenters. The van der Waals surface area contributed by atoms with Crippen molar-refractivity contribution in [2.75, 3.05) is 38.2 Å². The van der Waals surface area contributed by atoms with Gasteiger partial charge in [-0.2, -0.15) is 4.31 Å². The van der Waals surface area contributed by atoms with Crippen LogP contribution in [0.25, 0.3) is 0 Å². The van der Waals surface area contributed by atoms with Crippen molar-refractivity contribution in [3.63, 3.8) is 0 Å². The van der Waals surface area contributed by atoms with Crippen molar-refractivity contribution in [2.24, 2.45) is 0 Å². The zero-order valence-electron chi connectivity index (χ0n) is 18.9. The van der Waals surface area contributed by atoms with Gasteiger partial charge in [0.25, 0.3) is 5.91 Å². The summed E-state index contributed by atoms with van der Waals surface area (Å²) in [5.74, 6) is -0.695. The van der Waals surface area contributed by atoms with Crippen LogP contribution in [0.15, 0.2) is 71.6 Å². The molecular formula is C25H22Cl2N2O6S. The number of benzene rings is 3. The first-order valence-corrected chi connectivity index (χ1v) is 13.1. The van der Waals surface area contributed by atoms with Crippen LogP contribution in [-0.4, -0.2) is 57.3 Å². The molecule has 3 aromatic rings. The molecule has 3 aromatic carbocycles. The van der Waals surface area contributed by atoms with Crippen LogP contribution in [0.1, 0.15) is 15.9 Å². The molecule has 0 saturated carbocycles. The second-order valence-corrected chi connectivity index (χ2v) is 10.6. The third-order valence-electron chi connectivity index (χ3n) is 5.41. The van der Waals surface area contributed by atoms with Crippen molar-refractivity contribution in [3.8, 4) is 5.75 Å². The van der Waals surface area contributed by atoms with Gasteiger partial charge in [0, 0.05) is 29.2 Å². The highest BCUT2D eigenvalue weighted by Gasteiger charge is 2.27. The zero-order chi connectivity index (χ0) is 25.7. The molecule has 1 fully saturated rings. The number of rotatable bonds is 8. The van der Waals surface area contributed by atoms with Crippen LogP contribution in [-0.2, 0) is 19.6 Å². The van der Waals surface area contributed by atoms with Crippen molar-refractivity contribution >= 4 is 50.6 Å². The fourth-order valence-corrected chi connectivity index (χ4v) is 5.49. The minimum Gasteiger partial charge on any atom is -0.482 e. The summed E-state index contributed by atoms with van der Waals surface area (Å²) >= 11 is 12.3. The Kier molecular flexibility index (Phi) is 8.28. The molecule has 11 heteroatoms. The molecule has 0 atom stereocenters. The standard InChI is InChI=1S/C25H22Cl2N2O6S/c26-18-6-8-22(20(14-18)25(31)17-4-2-1-3-5-17)28-24(30)16-35-23-9-7-19(15-21(23)27)36(32,33)29-10-12-34-13-11-29/h1-9,14-15H,10-13,16H2,(H,28,30). The predicted octanol–water partition coefficient (Wildman–Crippen LogP) is 4.26. The summed E-state index contributed by atoms with van der Waals surface area (Å²) in [7, 11) is -3.72. The SMILES string of the molecule is O=C(COc1ccc(S(=O)(=O)N2CCOCC2)cc1Cl)Nc1ccc(Cl)cc1C(=O)c1ccccc1. The van der Waals surface area contributed by atoms with Crippen molar-refractivity contribution in [1.82, 2.24) is 4.31 Å². The monoisotopic (exact) mass is 548 g/mol. The van der Waals surface area contributed by atoms with Crippen LogP contribution in [0, 0.1) is 0 Å². The quantitative estimate of drug-likeness (QED) is 0.422. The number of hydrogen-bond acceptors (Lipinski definition) is 6. The third kappa shape index (κ3) is 6.05. The second kappa shape index (κ2) is 11.4. The van der Waals surface area contributed by atoms with E-state index in [1.54, 1.807) is 36.4 Å². The van der Waals surface area contributed by atoms with E-state index in [0.29, 0.717) is 23.8 Å². The van der Waals surface area contributed by atoms with E-state index >= 15 is 0 Å². The average Bonchev–Trinajstić information content (AvgIpc) is 2.89. The van der Waals surface area contributed by atoms with E-state index in [4.69, 9.17) is 32.7 Å². The summed E-state index contributed by atoms with van der Waals surface area (Å²) < 4.78 is 37.6. The first kappa shape index (κ1) is 26.1. The molecule has 1 aliphatic rings. The number of anilines is 1. The minimum absolute atomic E-state index is 0.0245. The molecule has 1 N–H and O–H groups in total. The number of ether oxygens (including phenoxy) is 2. The molecule has 1 heterocycles. The fraction of sp³-hybridized carbons (Fsp3) is 0.200. The fourth-order valence-electron chi connectivity index (χ4n) is 3.58. The number of carbonyl (C=O) groups excluding carboxylic acids is 2. The minimum atomic E-state index is -3.72. The number of amides is 1. The third-order valence-corrected chi connectivity index (χ3v) is 7.83. The van der Waals surface area contributed by atoms with E-state index in [1.165, 1.54) is 34.6 Å². The molecule has 0 aromatic heterocycles. The Morgan fingerprint density at radius 3 is 2.39 bits per heavy atom. The van der Waals surface area contributed by atoms with Gasteiger partial charge in [0.2, 0.25) is 10.0 Å². The molecule has 0 bridgehead atoms. The number of nitrogens with zero attached hydrogens (tertiary/aromatic N) is 1. The Balaban J connectivity index is 1.43. The number of carbonyl (C=O) groups is 2. The summed E-state index contributed by atoms with van der Waals surface area (Å²) in [6, 6.07) is 17.3. The van der Waals surface area contributed by atoms with E-state index < -0.39 is 22.5 Å². The van der Waals surface area contributed by atoms with Crippen LogP contribution in [0.2, 0.25) is 10.0 Å². The van der Waals surface area contributed by atoms with Gasteiger partial charge in [0.15, 0.2) is 12.4 Å². The summed E-state index contributed by atoms with van der Waals surface area (Å²) in [4.78, 5) is 25.5. The molecule has 0 spiro atoms. The Morgan fingerprint density at radius 2 is 1.69 bits per heavy atom. The Bertz CT molecular complexity index is 1380. The van der Waals surface area contributed by atoms with Gasteiger partial charge >= 0.3 is 0 Å². The molecule has 1 saturated heterocycles. The number of hydrogen-bond donors (Lipinski definition) is 1. The molecule has 1 aliphatic heterocycles. The zero-order valence-corrected chi connectivity index (χ0v) is 21.3. The average molecular weight is 549 g/mol. The maximum absolute atomic E-state index is 12.9. The first-order valence-electron chi connectivity index (χ1n) is 10.9. The molecule has 0 aliphatic carbocycles. The van der Waals surface area contributed by atoms with Crippen molar-refractivity contribution in [1.29, 1.82) is 0 Å². The Labute approximate surface area is 218 Å². The van der Waals surface area contributed by atoms with E-state index in [0.717, 1.165) is 0 Å². The summed E-state index contributed by atoms with van der Waals surface area (Å²) in [6.07, 6.45) is 0. The lowest BCUT2D eigenvalue weighted by Gasteiger charge is -2.26. The summed E-state index contributed by atoms with van der Waals surface area (Å²) in [5, 5.41) is 3.05. The molecule has 0 radical (unpaired) electrons. The van der Waals surface area contributed by atoms with Crippen molar-refractivity contribution < 1.29 is 27.5 Å². The molecule has 36 heavy (non-hydrogen) atoms. The van der Waals surface area contributed by atoms with Gasteiger partial charge in [0.05, 0.1) is 28.8 Å². The molecular weight excluding hydrogens is 527 g/mol. The lowest BCUT2D eigenvalue weighted by atomic mass is 10.0. The predicted molar refractivity (Wildman–Crippen MR) is 136 cm³/mol. The lowest BCUT2D eigenvalue weighted by Crippen LogP contribution is -2.40. The van der Waals surface area contributed by atoms with Gasteiger partial charge in [-0.15, -0.1) is 0 Å². The van der Waals surface area contributed by atoms with Crippen LogP contribution in [0.5, 0.6) is 5.75 Å². The lowest BCUT2D eigenvalue weighted by molar-refractivity contribution is -0.118. The number of nitrogens with one attached hydrogen (secondary N) is 1. The summed E-state index contributed by atoms with van der Waals surface area (Å²) in [5.41, 5.74) is 0.961. The number of sulfonamides is 1. The normalized spacial score (nSPS) is 14.3. The largest absolute Gasteiger partial charge is 0.482 e. The van der Waals surface area contributed by atoms with Gasteiger partial charge in [-0.1, -0.05) is 53.5 Å². The van der Waals surface area contributed by atoms with Crippen LogP contribution < -0.4 is 10.1 Å². The second-order valence-electron chi connectivity index (χ2n) is 7.83. The Morgan fingerprint density at radius 1 is 0.972 bits per heavy atom. The molecule has 188 valence electrons. The highest BCUT2D eigenvalue weighted by atomic mass is 35.5. The van der Waals surface area contributed by atoms with Crippen molar-refractivity contribution in [3.05, 3.63) is 87.9 Å². The van der Waals surface area contributed by atoms with Gasteiger partial charge in [-0.25, -0.2) is 8.42 Å². The van der Waals surface area contributed by atoms with Crippen molar-refractivity contribution in [2.45, 2.75) is 4.90 Å². The van der Waals surface area contributed by atoms with E-state index in [1.807, 2.05) is 0 Å². The number of halogens is 2. The maximum Gasteiger partial charge on any atom is 0.262 e. The molecule has 8 nitrogen and oxygen atoms in total. The summed E-state index contributed by atoms with van der Waals surface area (Å²) in [6.45, 7) is 0.762. The number of morpholine rings is 1. The van der Waals surface area contributed by atoms with E-state index in [9.17, 15) is 18.0 Å². The molecule has 1 amide bonds. The highest BCUT2D eigenvalue weighted by molar-refractivity contribution is 7.89. The topological polar surface area (TPSA) is 102 Å². The first-order chi connectivity index (χ1) is 17.3. The molecule has 4 rings (SSSR count). The van der Waals surface area contributed by atoms with Gasteiger partial charge < -0.3 is 14.8 Å². The van der Waals surface area contributed by atoms with E-state index in [-0.39, 0.29) is 45.8 Å². The maximum atomic E-state index is 12.9. The van der Waals surface area contributed by atoms with Crippen LogP contribution >= 0.6 is 23.2 Å². The number of ketones is 1. The van der Waals surface area contributed by atoms with Crippen LogP contribution in [0.4, 0.5) is 5.69 Å². The van der Waals surface area contributed by atoms with Gasteiger partial charge in [-0.05, 0) is 36.4 Å². The smallest absolute Gasteiger partial charge is 0.262 e. The van der Waals surface area contributed by atoms with Crippen LogP contribution in [0.3, 0.4) is 0 Å². The van der Waals surface area contributed by atoms with Gasteiger partial charge in [0.1, 0.15) is 5.75 Å².